The van der Waals surface area contributed by atoms with Crippen LogP contribution in [-0.2, 0) is 10.0 Å². The van der Waals surface area contributed by atoms with E-state index in [1.807, 2.05) is 19.2 Å². The molecule has 0 bridgehead atoms. The van der Waals surface area contributed by atoms with Gasteiger partial charge >= 0.3 is 0 Å². The van der Waals surface area contributed by atoms with Crippen molar-refractivity contribution in [2.75, 3.05) is 36.1 Å². The summed E-state index contributed by atoms with van der Waals surface area (Å²) in [6.07, 6.45) is 6.96. The molecule has 2 aromatic heterocycles. The number of fused-ring (bicyclic) bond motifs is 1. The van der Waals surface area contributed by atoms with Crippen LogP contribution in [0.2, 0.25) is 0 Å². The van der Waals surface area contributed by atoms with Crippen molar-refractivity contribution in [2.45, 2.75) is 51.6 Å². The number of rotatable bonds is 4. The second-order valence-electron chi connectivity index (χ2n) is 7.98. The topological polar surface area (TPSA) is 91.3 Å². The Morgan fingerprint density at radius 1 is 1.14 bits per heavy atom. The smallest absolute Gasteiger partial charge is 0.223 e. The molecule has 1 N–H and O–H groups in total. The molecule has 0 amide bonds. The molecule has 28 heavy (non-hydrogen) atoms. The van der Waals surface area contributed by atoms with Gasteiger partial charge in [0.2, 0.25) is 16.0 Å². The Morgan fingerprint density at radius 3 is 2.54 bits per heavy atom. The summed E-state index contributed by atoms with van der Waals surface area (Å²) in [5, 5.41) is 4.40. The van der Waals surface area contributed by atoms with Gasteiger partial charge in [-0.1, -0.05) is 0 Å². The lowest BCUT2D eigenvalue weighted by Crippen LogP contribution is -2.42. The van der Waals surface area contributed by atoms with Crippen LogP contribution >= 0.6 is 0 Å². The number of nitrogens with zero attached hydrogens (tertiary/aromatic N) is 5. The van der Waals surface area contributed by atoms with Gasteiger partial charge in [-0.2, -0.15) is 0 Å². The van der Waals surface area contributed by atoms with Crippen LogP contribution in [0.4, 0.5) is 11.8 Å². The quantitative estimate of drug-likeness (QED) is 0.835. The third kappa shape index (κ3) is 3.91. The molecule has 0 radical (unpaired) electrons. The third-order valence-corrected chi connectivity index (χ3v) is 7.06. The molecule has 0 aliphatic carbocycles. The van der Waals surface area contributed by atoms with E-state index < -0.39 is 10.0 Å². The average Bonchev–Trinajstić information content (AvgIpc) is 3.07. The van der Waals surface area contributed by atoms with Crippen molar-refractivity contribution in [1.82, 2.24) is 19.3 Å². The molecule has 0 saturated carbocycles. The Kier molecular flexibility index (Phi) is 5.13. The summed E-state index contributed by atoms with van der Waals surface area (Å²) < 4.78 is 24.9. The molecule has 8 nitrogen and oxygen atoms in total. The van der Waals surface area contributed by atoms with Crippen molar-refractivity contribution >= 4 is 32.7 Å². The maximum atomic E-state index is 11.7. The Labute approximate surface area is 166 Å². The van der Waals surface area contributed by atoms with Gasteiger partial charge in [-0.3, -0.25) is 0 Å². The summed E-state index contributed by atoms with van der Waals surface area (Å²) in [5.74, 6) is 1.53. The van der Waals surface area contributed by atoms with E-state index in [0.717, 1.165) is 41.8 Å². The monoisotopic (exact) mass is 404 g/mol. The molecule has 9 heteroatoms. The Bertz CT molecular complexity index is 972. The van der Waals surface area contributed by atoms with E-state index >= 15 is 0 Å². The van der Waals surface area contributed by atoms with Crippen molar-refractivity contribution in [3.63, 3.8) is 0 Å². The first kappa shape index (κ1) is 19.3. The third-order valence-electron chi connectivity index (χ3n) is 5.76. The first-order valence-electron chi connectivity index (χ1n) is 9.94. The first-order valence-corrected chi connectivity index (χ1v) is 11.8. The van der Waals surface area contributed by atoms with Crippen LogP contribution in [0.5, 0.6) is 0 Å². The fourth-order valence-corrected chi connectivity index (χ4v) is 5.06. The molecule has 0 aromatic carbocycles. The zero-order valence-corrected chi connectivity index (χ0v) is 17.5. The van der Waals surface area contributed by atoms with Crippen LogP contribution in [0.3, 0.4) is 0 Å². The SMILES string of the molecule is Cc1cc2cnc(NC3CCN(S(C)(=O)=O)CC3)nc2c(N2CCC[C@H]2C)n1. The largest absolute Gasteiger partial charge is 0.352 e. The van der Waals surface area contributed by atoms with Crippen molar-refractivity contribution in [3.8, 4) is 0 Å². The van der Waals surface area contributed by atoms with E-state index in [-0.39, 0.29) is 6.04 Å². The lowest BCUT2D eigenvalue weighted by atomic mass is 10.1. The standard InChI is InChI=1S/C19H28N6O2S/c1-13-11-15-12-20-19(22-16-6-9-24(10-7-16)28(3,26)27)23-17(15)18(21-13)25-8-4-5-14(25)2/h11-12,14,16H,4-10H2,1-3H3,(H,20,22,23)/t14-/m1/s1. The number of hydrogen-bond acceptors (Lipinski definition) is 7. The second kappa shape index (κ2) is 7.44. The Hall–Kier alpha value is -2.00. The van der Waals surface area contributed by atoms with Crippen LogP contribution in [0.25, 0.3) is 10.9 Å². The summed E-state index contributed by atoms with van der Waals surface area (Å²) in [6, 6.07) is 2.65. The molecule has 2 aliphatic rings. The minimum absolute atomic E-state index is 0.169. The van der Waals surface area contributed by atoms with Gasteiger partial charge in [0.1, 0.15) is 5.52 Å². The van der Waals surface area contributed by atoms with Crippen LogP contribution in [0.15, 0.2) is 12.3 Å². The second-order valence-corrected chi connectivity index (χ2v) is 9.97. The van der Waals surface area contributed by atoms with E-state index in [1.165, 1.54) is 23.4 Å². The van der Waals surface area contributed by atoms with Gasteiger partial charge in [0, 0.05) is 49.0 Å². The number of anilines is 2. The van der Waals surface area contributed by atoms with Gasteiger partial charge in [-0.05, 0) is 45.6 Å². The molecule has 152 valence electrons. The summed E-state index contributed by atoms with van der Waals surface area (Å²) in [6.45, 7) is 6.30. The molecule has 4 heterocycles. The summed E-state index contributed by atoms with van der Waals surface area (Å²) >= 11 is 0. The van der Waals surface area contributed by atoms with Gasteiger partial charge in [-0.25, -0.2) is 27.7 Å². The van der Waals surface area contributed by atoms with E-state index in [2.05, 4.69) is 22.1 Å². The van der Waals surface area contributed by atoms with Gasteiger partial charge in [0.05, 0.1) is 6.26 Å². The first-order chi connectivity index (χ1) is 13.3. The van der Waals surface area contributed by atoms with E-state index in [1.54, 1.807) is 0 Å². The van der Waals surface area contributed by atoms with Crippen LogP contribution in [-0.4, -0.2) is 65.6 Å². The maximum Gasteiger partial charge on any atom is 0.223 e. The minimum Gasteiger partial charge on any atom is -0.352 e. The molecule has 1 atom stereocenters. The average molecular weight is 405 g/mol. The molecule has 2 fully saturated rings. The maximum absolute atomic E-state index is 11.7. The molecular formula is C19H28N6O2S. The van der Waals surface area contributed by atoms with Gasteiger partial charge in [-0.15, -0.1) is 0 Å². The summed E-state index contributed by atoms with van der Waals surface area (Å²) in [4.78, 5) is 16.4. The van der Waals surface area contributed by atoms with Gasteiger partial charge in [0.15, 0.2) is 5.82 Å². The van der Waals surface area contributed by atoms with Crippen LogP contribution in [0.1, 0.15) is 38.3 Å². The van der Waals surface area contributed by atoms with Crippen molar-refractivity contribution < 1.29 is 8.42 Å². The van der Waals surface area contributed by atoms with Crippen LogP contribution in [0, 0.1) is 6.92 Å². The Balaban J connectivity index is 1.57. The predicted octanol–water partition coefficient (Wildman–Crippen LogP) is 2.16. The fraction of sp³-hybridized carbons (Fsp3) is 0.632. The zero-order valence-electron chi connectivity index (χ0n) is 16.7. The number of nitrogens with one attached hydrogen (secondary N) is 1. The normalized spacial score (nSPS) is 22.1. The lowest BCUT2D eigenvalue weighted by molar-refractivity contribution is 0.331. The van der Waals surface area contributed by atoms with Crippen molar-refractivity contribution in [1.29, 1.82) is 0 Å². The molecule has 2 aliphatic heterocycles. The molecule has 0 spiro atoms. The lowest BCUT2D eigenvalue weighted by Gasteiger charge is -2.30. The zero-order chi connectivity index (χ0) is 19.9. The number of aromatic nitrogens is 3. The highest BCUT2D eigenvalue weighted by Crippen LogP contribution is 2.30. The van der Waals surface area contributed by atoms with Gasteiger partial charge in [0.25, 0.3) is 0 Å². The minimum atomic E-state index is -3.11. The number of aryl methyl sites for hydroxylation is 1. The predicted molar refractivity (Wildman–Crippen MR) is 111 cm³/mol. The van der Waals surface area contributed by atoms with Crippen molar-refractivity contribution in [2.24, 2.45) is 0 Å². The molecule has 2 saturated heterocycles. The molecule has 4 rings (SSSR count). The number of piperidine rings is 1. The fourth-order valence-electron chi connectivity index (χ4n) is 4.19. The molecule has 0 unspecified atom stereocenters. The van der Waals surface area contributed by atoms with E-state index in [0.29, 0.717) is 25.1 Å². The van der Waals surface area contributed by atoms with E-state index in [9.17, 15) is 8.42 Å². The summed E-state index contributed by atoms with van der Waals surface area (Å²) in [7, 11) is -3.11. The highest BCUT2D eigenvalue weighted by Gasteiger charge is 2.26. The van der Waals surface area contributed by atoms with E-state index in [4.69, 9.17) is 9.97 Å². The van der Waals surface area contributed by atoms with Gasteiger partial charge < -0.3 is 10.2 Å². The summed E-state index contributed by atoms with van der Waals surface area (Å²) in [5.41, 5.74) is 1.85. The number of pyridine rings is 1. The number of sulfonamides is 1. The van der Waals surface area contributed by atoms with Crippen LogP contribution < -0.4 is 10.2 Å². The Morgan fingerprint density at radius 2 is 1.89 bits per heavy atom. The molecule has 2 aromatic rings. The molecular weight excluding hydrogens is 376 g/mol. The van der Waals surface area contributed by atoms with Crippen molar-refractivity contribution in [3.05, 3.63) is 18.0 Å². The highest BCUT2D eigenvalue weighted by molar-refractivity contribution is 7.88. The highest BCUT2D eigenvalue weighted by atomic mass is 32.2. The number of hydrogen-bond donors (Lipinski definition) is 1.